The van der Waals surface area contributed by atoms with Gasteiger partial charge in [-0.25, -0.2) is 4.79 Å². The van der Waals surface area contributed by atoms with Crippen LogP contribution in [0.4, 0.5) is 5.69 Å². The third-order valence-corrected chi connectivity index (χ3v) is 4.60. The molecule has 28 heavy (non-hydrogen) atoms. The third kappa shape index (κ3) is 13.0. The number of rotatable bonds is 16. The lowest BCUT2D eigenvalue weighted by atomic mass is 10.1. The molecular weight excluding hydrogens is 346 g/mol. The van der Waals surface area contributed by atoms with Crippen molar-refractivity contribution in [1.29, 1.82) is 0 Å². The first-order chi connectivity index (χ1) is 13.8. The smallest absolute Gasteiger partial charge is 0.330 e. The molecule has 154 valence electrons. The number of esters is 1. The Morgan fingerprint density at radius 2 is 1.54 bits per heavy atom. The number of anilines is 1. The number of carbonyl (C=O) groups is 1. The summed E-state index contributed by atoms with van der Waals surface area (Å²) in [6, 6.07) is 8.04. The number of ether oxygens (including phenoxy) is 1. The number of benzene rings is 1. The molecule has 0 atom stereocenters. The molecule has 0 radical (unpaired) electrons. The van der Waals surface area contributed by atoms with Crippen LogP contribution >= 0.6 is 0 Å². The molecule has 0 aliphatic heterocycles. The van der Waals surface area contributed by atoms with Crippen molar-refractivity contribution >= 4 is 17.7 Å². The first kappa shape index (κ1) is 23.7. The van der Waals surface area contributed by atoms with Gasteiger partial charge in [-0.05, 0) is 62.3 Å². The van der Waals surface area contributed by atoms with Crippen LogP contribution in [0.5, 0.6) is 0 Å². The highest BCUT2D eigenvalue weighted by atomic mass is 16.5. The molecule has 0 fully saturated rings. The highest BCUT2D eigenvalue weighted by molar-refractivity contribution is 5.86. The predicted molar refractivity (Wildman–Crippen MR) is 121 cm³/mol. The maximum absolute atomic E-state index is 11.1. The van der Waals surface area contributed by atoms with Gasteiger partial charge in [0.05, 0.1) is 7.11 Å². The maximum Gasteiger partial charge on any atom is 0.330 e. The van der Waals surface area contributed by atoms with E-state index in [0.29, 0.717) is 0 Å². The molecule has 0 saturated heterocycles. The fraction of sp³-hybridized carbons (Fsp3) is 0.480. The first-order valence-electron chi connectivity index (χ1n) is 10.6. The Balaban J connectivity index is 2.00. The van der Waals surface area contributed by atoms with E-state index in [2.05, 4.69) is 28.8 Å². The van der Waals surface area contributed by atoms with Crippen LogP contribution in [0, 0.1) is 0 Å². The molecule has 0 heterocycles. The second-order valence-electron chi connectivity index (χ2n) is 7.01. The summed E-state index contributed by atoms with van der Waals surface area (Å²) >= 11 is 0. The van der Waals surface area contributed by atoms with E-state index < -0.39 is 0 Å². The molecule has 0 bridgehead atoms. The van der Waals surface area contributed by atoms with Crippen molar-refractivity contribution in [3.05, 3.63) is 60.7 Å². The molecule has 0 aromatic heterocycles. The molecule has 0 amide bonds. The molecule has 0 spiro atoms. The number of allylic oxidation sites excluding steroid dienone is 3. The van der Waals surface area contributed by atoms with Crippen molar-refractivity contribution in [2.24, 2.45) is 0 Å². The van der Waals surface area contributed by atoms with Crippen LogP contribution < -0.4 is 5.32 Å². The summed E-state index contributed by atoms with van der Waals surface area (Å²) in [5.74, 6) is -0.338. The van der Waals surface area contributed by atoms with E-state index in [1.165, 1.54) is 58.1 Å². The second-order valence-corrected chi connectivity index (χ2v) is 7.01. The van der Waals surface area contributed by atoms with Crippen molar-refractivity contribution < 1.29 is 9.53 Å². The van der Waals surface area contributed by atoms with Gasteiger partial charge in [-0.2, -0.15) is 0 Å². The van der Waals surface area contributed by atoms with E-state index in [1.54, 1.807) is 6.08 Å². The number of nitrogens with one attached hydrogen (secondary N) is 1. The summed E-state index contributed by atoms with van der Waals surface area (Å²) in [5.41, 5.74) is 2.09. The highest BCUT2D eigenvalue weighted by Gasteiger charge is 1.94. The van der Waals surface area contributed by atoms with Crippen LogP contribution in [0.25, 0.3) is 6.08 Å². The van der Waals surface area contributed by atoms with Crippen LogP contribution in [0.3, 0.4) is 0 Å². The van der Waals surface area contributed by atoms with Crippen molar-refractivity contribution in [3.8, 4) is 0 Å². The average molecular weight is 384 g/mol. The number of carbonyl (C=O) groups excluding carboxylic acids is 1. The van der Waals surface area contributed by atoms with Gasteiger partial charge in [0.15, 0.2) is 0 Å². The summed E-state index contributed by atoms with van der Waals surface area (Å²) in [4.78, 5) is 11.1. The minimum atomic E-state index is -0.338. The number of unbranched alkanes of at least 4 members (excludes halogenated alkanes) is 8. The lowest BCUT2D eigenvalue weighted by Gasteiger charge is -2.05. The topological polar surface area (TPSA) is 38.3 Å². The number of hydrogen-bond acceptors (Lipinski definition) is 3. The molecule has 3 nitrogen and oxygen atoms in total. The van der Waals surface area contributed by atoms with Gasteiger partial charge in [-0.15, -0.1) is 6.58 Å². The first-order valence-corrected chi connectivity index (χ1v) is 10.6. The molecule has 1 aromatic carbocycles. The molecule has 1 aromatic rings. The minimum absolute atomic E-state index is 0.338. The Kier molecular flexibility index (Phi) is 14.3. The number of methoxy groups -OCH3 is 1. The Hall–Kier alpha value is -2.29. The maximum atomic E-state index is 11.1. The largest absolute Gasteiger partial charge is 0.466 e. The van der Waals surface area contributed by atoms with Crippen molar-refractivity contribution in [2.75, 3.05) is 19.0 Å². The van der Waals surface area contributed by atoms with Crippen molar-refractivity contribution in [2.45, 2.75) is 64.2 Å². The molecule has 3 heteroatoms. The van der Waals surface area contributed by atoms with Crippen LogP contribution in [0.15, 0.2) is 55.1 Å². The van der Waals surface area contributed by atoms with Crippen LogP contribution in [0.1, 0.15) is 69.8 Å². The fourth-order valence-corrected chi connectivity index (χ4v) is 2.89. The van der Waals surface area contributed by atoms with Crippen molar-refractivity contribution in [1.82, 2.24) is 0 Å². The van der Waals surface area contributed by atoms with Gasteiger partial charge in [-0.3, -0.25) is 0 Å². The van der Waals surface area contributed by atoms with Crippen LogP contribution in [-0.4, -0.2) is 19.6 Å². The van der Waals surface area contributed by atoms with E-state index in [4.69, 9.17) is 0 Å². The second kappa shape index (κ2) is 16.9. The summed E-state index contributed by atoms with van der Waals surface area (Å²) in [6.45, 7) is 4.72. The average Bonchev–Trinajstić information content (AvgIpc) is 2.73. The molecule has 0 unspecified atom stereocenters. The van der Waals surface area contributed by atoms with Gasteiger partial charge in [0.25, 0.3) is 0 Å². The standard InChI is InChI=1S/C25H37NO2/c1-3-4-5-6-7-8-9-10-11-12-13-14-15-22-26-24-19-16-23(17-20-24)18-21-25(27)28-2/h3,12-13,16-21,26H,1,4-11,14-15,22H2,2H3. The summed E-state index contributed by atoms with van der Waals surface area (Å²) in [6.07, 6.45) is 22.5. The normalized spacial score (nSPS) is 11.2. The molecule has 0 aliphatic carbocycles. The molecule has 1 N–H and O–H groups in total. The van der Waals surface area contributed by atoms with Crippen LogP contribution in [0.2, 0.25) is 0 Å². The highest BCUT2D eigenvalue weighted by Crippen LogP contribution is 2.12. The Morgan fingerprint density at radius 3 is 2.18 bits per heavy atom. The van der Waals surface area contributed by atoms with Gasteiger partial charge < -0.3 is 10.1 Å². The summed E-state index contributed by atoms with van der Waals surface area (Å²) in [5, 5.41) is 3.43. The zero-order valence-electron chi connectivity index (χ0n) is 17.5. The third-order valence-electron chi connectivity index (χ3n) is 4.60. The SMILES string of the molecule is C=CCCCCCCCCC=CCCCNc1ccc(C=CC(=O)OC)cc1. The lowest BCUT2D eigenvalue weighted by Crippen LogP contribution is -2.00. The molecule has 0 aliphatic rings. The van der Waals surface area contributed by atoms with E-state index in [1.807, 2.05) is 30.3 Å². The lowest BCUT2D eigenvalue weighted by molar-refractivity contribution is -0.134. The Morgan fingerprint density at radius 1 is 0.929 bits per heavy atom. The van der Waals surface area contributed by atoms with E-state index >= 15 is 0 Å². The van der Waals surface area contributed by atoms with Crippen molar-refractivity contribution in [3.63, 3.8) is 0 Å². The monoisotopic (exact) mass is 383 g/mol. The minimum Gasteiger partial charge on any atom is -0.466 e. The quantitative estimate of drug-likeness (QED) is 0.146. The van der Waals surface area contributed by atoms with E-state index in [-0.39, 0.29) is 5.97 Å². The van der Waals surface area contributed by atoms with Crippen LogP contribution in [-0.2, 0) is 9.53 Å². The zero-order chi connectivity index (χ0) is 20.3. The molecule has 0 saturated carbocycles. The summed E-state index contributed by atoms with van der Waals surface area (Å²) < 4.78 is 4.58. The van der Waals surface area contributed by atoms with E-state index in [9.17, 15) is 4.79 Å². The van der Waals surface area contributed by atoms with Gasteiger partial charge in [0.1, 0.15) is 0 Å². The molecule has 1 rings (SSSR count). The molecular formula is C25H37NO2. The van der Waals surface area contributed by atoms with Gasteiger partial charge in [0, 0.05) is 18.3 Å². The summed E-state index contributed by atoms with van der Waals surface area (Å²) in [7, 11) is 1.38. The fourth-order valence-electron chi connectivity index (χ4n) is 2.89. The predicted octanol–water partition coefficient (Wildman–Crippen LogP) is 6.93. The Bertz CT molecular complexity index is 587. The number of hydrogen-bond donors (Lipinski definition) is 1. The Labute approximate surface area is 171 Å². The van der Waals surface area contributed by atoms with E-state index in [0.717, 1.165) is 37.1 Å². The zero-order valence-corrected chi connectivity index (χ0v) is 17.5. The van der Waals surface area contributed by atoms with Gasteiger partial charge in [-0.1, -0.05) is 56.0 Å². The van der Waals surface area contributed by atoms with Gasteiger partial charge >= 0.3 is 5.97 Å². The van der Waals surface area contributed by atoms with Gasteiger partial charge in [0.2, 0.25) is 0 Å².